The van der Waals surface area contributed by atoms with Gasteiger partial charge in [0.05, 0.1) is 23.0 Å². The van der Waals surface area contributed by atoms with Gasteiger partial charge in [0.15, 0.2) is 0 Å². The minimum absolute atomic E-state index is 0.0662. The van der Waals surface area contributed by atoms with Crippen LogP contribution in [0.15, 0.2) is 58.6 Å². The molecular formula is C21H23N3O4. The van der Waals surface area contributed by atoms with Crippen molar-refractivity contribution in [3.8, 4) is 0 Å². The van der Waals surface area contributed by atoms with Gasteiger partial charge in [0.25, 0.3) is 5.91 Å². The summed E-state index contributed by atoms with van der Waals surface area (Å²) in [6.45, 7) is 8.23. The lowest BCUT2D eigenvalue weighted by Crippen LogP contribution is -2.59. The molecule has 2 N–H and O–H groups in total. The fraction of sp³-hybridized carbons (Fsp3) is 0.381. The molecule has 3 atom stereocenters. The quantitative estimate of drug-likeness (QED) is 0.639. The molecule has 3 heterocycles. The number of hydrogen-bond acceptors (Lipinski definition) is 6. The van der Waals surface area contributed by atoms with E-state index in [-0.39, 0.29) is 30.9 Å². The second-order valence-electron chi connectivity index (χ2n) is 7.37. The summed E-state index contributed by atoms with van der Waals surface area (Å²) in [6, 6.07) is 9.22. The van der Waals surface area contributed by atoms with Crippen LogP contribution in [-0.4, -0.2) is 47.3 Å². The predicted molar refractivity (Wildman–Crippen MR) is 104 cm³/mol. The molecule has 7 nitrogen and oxygen atoms in total. The molecule has 0 radical (unpaired) electrons. The minimum Gasteiger partial charge on any atom is -0.458 e. The molecule has 3 aliphatic rings. The topological polar surface area (TPSA) is 94.2 Å². The fourth-order valence-corrected chi connectivity index (χ4v) is 4.60. The highest BCUT2D eigenvalue weighted by molar-refractivity contribution is 6.14. The third kappa shape index (κ3) is 2.47. The maximum Gasteiger partial charge on any atom is 0.345 e. The van der Waals surface area contributed by atoms with Crippen LogP contribution in [-0.2, 0) is 19.2 Å². The first-order chi connectivity index (χ1) is 13.4. The number of nitrogens with two attached hydrogens (primary N) is 1. The van der Waals surface area contributed by atoms with Crippen LogP contribution in [0.4, 0.5) is 5.69 Å². The lowest BCUT2D eigenvalue weighted by molar-refractivity contribution is -0.173. The monoisotopic (exact) mass is 381 g/mol. The highest BCUT2D eigenvalue weighted by Crippen LogP contribution is 2.45. The second kappa shape index (κ2) is 6.68. The van der Waals surface area contributed by atoms with Crippen LogP contribution < -0.4 is 5.90 Å². The summed E-state index contributed by atoms with van der Waals surface area (Å²) in [5, 5.41) is 0. The van der Waals surface area contributed by atoms with Gasteiger partial charge in [0, 0.05) is 12.5 Å². The molecule has 3 aliphatic heterocycles. The van der Waals surface area contributed by atoms with Crippen molar-refractivity contribution < 1.29 is 19.2 Å². The number of benzene rings is 1. The SMILES string of the molecule is C=C1CN2C(=O)C3=C(C(C)C2C1=Nc1ccccc1)C(CC)(ON)C(=O)OC3. The number of aliphatic imine (C=N–C) groups is 1. The Kier molecular flexibility index (Phi) is 4.44. The van der Waals surface area contributed by atoms with E-state index < -0.39 is 11.6 Å². The van der Waals surface area contributed by atoms with Crippen LogP contribution in [0, 0.1) is 5.92 Å². The Morgan fingerprint density at radius 2 is 2.07 bits per heavy atom. The highest BCUT2D eigenvalue weighted by atomic mass is 16.7. The number of para-hydroxylation sites is 1. The molecule has 0 spiro atoms. The number of esters is 1. The van der Waals surface area contributed by atoms with Gasteiger partial charge in [-0.15, -0.1) is 0 Å². The van der Waals surface area contributed by atoms with Crippen molar-refractivity contribution in [1.82, 2.24) is 4.90 Å². The summed E-state index contributed by atoms with van der Waals surface area (Å²) < 4.78 is 5.26. The average molecular weight is 381 g/mol. The Bertz CT molecular complexity index is 915. The van der Waals surface area contributed by atoms with Gasteiger partial charge < -0.3 is 9.64 Å². The van der Waals surface area contributed by atoms with Crippen molar-refractivity contribution in [1.29, 1.82) is 0 Å². The molecule has 1 aromatic rings. The van der Waals surface area contributed by atoms with E-state index in [4.69, 9.17) is 20.5 Å². The predicted octanol–water partition coefficient (Wildman–Crippen LogP) is 2.07. The van der Waals surface area contributed by atoms with Crippen LogP contribution in [0.2, 0.25) is 0 Å². The first-order valence-electron chi connectivity index (χ1n) is 9.36. The smallest absolute Gasteiger partial charge is 0.345 e. The molecule has 7 heteroatoms. The summed E-state index contributed by atoms with van der Waals surface area (Å²) in [4.78, 5) is 37.5. The summed E-state index contributed by atoms with van der Waals surface area (Å²) in [7, 11) is 0. The van der Waals surface area contributed by atoms with E-state index in [9.17, 15) is 9.59 Å². The Hall–Kier alpha value is -2.77. The molecular weight excluding hydrogens is 358 g/mol. The van der Waals surface area contributed by atoms with Crippen molar-refractivity contribution in [2.45, 2.75) is 31.9 Å². The number of nitrogens with zero attached hydrogens (tertiary/aromatic N) is 2. The maximum absolute atomic E-state index is 13.2. The number of cyclic esters (lactones) is 1. The molecule has 0 aliphatic carbocycles. The summed E-state index contributed by atoms with van der Waals surface area (Å²) >= 11 is 0. The van der Waals surface area contributed by atoms with Crippen molar-refractivity contribution in [3.05, 3.63) is 53.6 Å². The molecule has 0 saturated carbocycles. The normalized spacial score (nSPS) is 31.2. The van der Waals surface area contributed by atoms with Gasteiger partial charge in [-0.25, -0.2) is 10.7 Å². The van der Waals surface area contributed by atoms with Gasteiger partial charge in [-0.2, -0.15) is 0 Å². The number of amides is 1. The highest BCUT2D eigenvalue weighted by Gasteiger charge is 2.57. The van der Waals surface area contributed by atoms with E-state index in [0.29, 0.717) is 17.7 Å². The first-order valence-corrected chi connectivity index (χ1v) is 9.36. The summed E-state index contributed by atoms with van der Waals surface area (Å²) in [6.07, 6.45) is 0.275. The van der Waals surface area contributed by atoms with E-state index in [0.717, 1.165) is 17.0 Å². The van der Waals surface area contributed by atoms with E-state index in [1.807, 2.05) is 37.3 Å². The zero-order valence-electron chi connectivity index (χ0n) is 16.0. The number of hydrogen-bond donors (Lipinski definition) is 1. The van der Waals surface area contributed by atoms with Crippen molar-refractivity contribution in [2.24, 2.45) is 16.8 Å². The van der Waals surface area contributed by atoms with Gasteiger partial charge in [-0.05, 0) is 29.7 Å². The van der Waals surface area contributed by atoms with Crippen LogP contribution in [0.3, 0.4) is 0 Å². The van der Waals surface area contributed by atoms with Gasteiger partial charge in [0.2, 0.25) is 5.60 Å². The second-order valence-corrected chi connectivity index (χ2v) is 7.37. The molecule has 146 valence electrons. The lowest BCUT2D eigenvalue weighted by Gasteiger charge is -2.45. The Balaban J connectivity index is 1.85. The number of rotatable bonds is 3. The fourth-order valence-electron chi connectivity index (χ4n) is 4.60. The minimum atomic E-state index is -1.45. The van der Waals surface area contributed by atoms with E-state index in [1.165, 1.54) is 0 Å². The van der Waals surface area contributed by atoms with E-state index >= 15 is 0 Å². The molecule has 1 fully saturated rings. The number of fused-ring (bicyclic) bond motifs is 1. The molecule has 1 amide bonds. The average Bonchev–Trinajstić information content (AvgIpc) is 3.03. The van der Waals surface area contributed by atoms with Crippen LogP contribution in [0.1, 0.15) is 20.3 Å². The molecule has 4 rings (SSSR count). The van der Waals surface area contributed by atoms with Crippen molar-refractivity contribution >= 4 is 23.3 Å². The molecule has 1 aromatic carbocycles. The van der Waals surface area contributed by atoms with Crippen LogP contribution in [0.5, 0.6) is 0 Å². The van der Waals surface area contributed by atoms with E-state index in [2.05, 4.69) is 6.58 Å². The third-order valence-corrected chi connectivity index (χ3v) is 5.93. The lowest BCUT2D eigenvalue weighted by atomic mass is 9.72. The number of ether oxygens (including phenoxy) is 1. The van der Waals surface area contributed by atoms with E-state index in [1.54, 1.807) is 11.8 Å². The van der Waals surface area contributed by atoms with Crippen molar-refractivity contribution in [3.63, 3.8) is 0 Å². The van der Waals surface area contributed by atoms with Gasteiger partial charge in [-0.3, -0.25) is 14.6 Å². The molecule has 1 saturated heterocycles. The van der Waals surface area contributed by atoms with Gasteiger partial charge >= 0.3 is 5.97 Å². The molecule has 3 unspecified atom stereocenters. The summed E-state index contributed by atoms with van der Waals surface area (Å²) in [5.74, 6) is 4.62. The van der Waals surface area contributed by atoms with Gasteiger partial charge in [0.1, 0.15) is 6.61 Å². The molecule has 0 bridgehead atoms. The standard InChI is InChI=1S/C21H23N3O4/c1-4-21(28-22)16-13(3)18-17(23-14-8-6-5-7-9-14)12(2)10-24(18)19(25)15(16)11-27-20(21)26/h5-9,13,18H,2,4,10-11,22H2,1,3H3. The first kappa shape index (κ1) is 18.6. The Morgan fingerprint density at radius 3 is 2.71 bits per heavy atom. The third-order valence-electron chi connectivity index (χ3n) is 5.93. The molecule has 28 heavy (non-hydrogen) atoms. The van der Waals surface area contributed by atoms with Crippen LogP contribution in [0.25, 0.3) is 0 Å². The molecule has 0 aromatic heterocycles. The Morgan fingerprint density at radius 1 is 1.36 bits per heavy atom. The number of carbonyl (C=O) groups is 2. The van der Waals surface area contributed by atoms with Crippen molar-refractivity contribution in [2.75, 3.05) is 13.2 Å². The number of carbonyl (C=O) groups excluding carboxylic acids is 2. The largest absolute Gasteiger partial charge is 0.458 e. The zero-order valence-corrected chi connectivity index (χ0v) is 16.0. The van der Waals surface area contributed by atoms with Gasteiger partial charge in [-0.1, -0.05) is 38.6 Å². The van der Waals surface area contributed by atoms with Crippen LogP contribution >= 0.6 is 0 Å². The maximum atomic E-state index is 13.2. The Labute approximate surface area is 163 Å². The summed E-state index contributed by atoms with van der Waals surface area (Å²) in [5.41, 5.74) is 1.94. The zero-order chi connectivity index (χ0) is 20.1.